The highest BCUT2D eigenvalue weighted by Gasteiger charge is 2.52. The Balaban J connectivity index is 1.78. The van der Waals surface area contributed by atoms with Crippen molar-refractivity contribution in [1.82, 2.24) is 9.78 Å². The van der Waals surface area contributed by atoms with E-state index in [9.17, 15) is 9.59 Å². The number of ether oxygens (including phenoxy) is 1. The van der Waals surface area contributed by atoms with Crippen LogP contribution in [0.5, 0.6) is 0 Å². The van der Waals surface area contributed by atoms with Crippen LogP contribution in [0.4, 0.5) is 5.69 Å². The normalized spacial score (nSPS) is 23.5. The van der Waals surface area contributed by atoms with Crippen molar-refractivity contribution >= 4 is 17.6 Å². The Kier molecular flexibility index (Phi) is 3.93. The maximum absolute atomic E-state index is 12.7. The average Bonchev–Trinajstić information content (AvgIpc) is 3.01. The molecule has 0 aromatic carbocycles. The molecule has 1 atom stereocenters. The average molecular weight is 305 g/mol. The van der Waals surface area contributed by atoms with Crippen LogP contribution in [-0.4, -0.2) is 27.3 Å². The van der Waals surface area contributed by atoms with E-state index in [1.54, 1.807) is 6.20 Å². The zero-order chi connectivity index (χ0) is 15.7. The molecule has 0 bridgehead atoms. The molecule has 1 N–H and O–H groups in total. The molecule has 1 aliphatic carbocycles. The summed E-state index contributed by atoms with van der Waals surface area (Å²) in [5.74, 6) is -0.751. The third-order valence-electron chi connectivity index (χ3n) is 5.00. The summed E-state index contributed by atoms with van der Waals surface area (Å²) in [4.78, 5) is 24.5. The van der Waals surface area contributed by atoms with Gasteiger partial charge in [-0.1, -0.05) is 6.42 Å². The minimum Gasteiger partial charge on any atom is -0.458 e. The Bertz CT molecular complexity index is 587. The molecular formula is C16H23N3O3. The van der Waals surface area contributed by atoms with Gasteiger partial charge < -0.3 is 10.1 Å². The van der Waals surface area contributed by atoms with Crippen LogP contribution in [0.1, 0.15) is 51.1 Å². The molecule has 1 saturated carbocycles. The highest BCUT2D eigenvalue weighted by Crippen LogP contribution is 2.44. The summed E-state index contributed by atoms with van der Waals surface area (Å²) in [6.45, 7) is 4.70. The Labute approximate surface area is 130 Å². The molecule has 3 rings (SSSR count). The lowest BCUT2D eigenvalue weighted by Gasteiger charge is -2.35. The SMILES string of the molecule is CCn1ncc(NC(=O)C2CC(=O)OC23CCCCC3)c1C. The largest absolute Gasteiger partial charge is 0.458 e. The smallest absolute Gasteiger partial charge is 0.307 e. The number of nitrogens with one attached hydrogen (secondary N) is 1. The summed E-state index contributed by atoms with van der Waals surface area (Å²) in [5, 5.41) is 7.18. The minimum atomic E-state index is -0.575. The van der Waals surface area contributed by atoms with Gasteiger partial charge in [-0.15, -0.1) is 0 Å². The van der Waals surface area contributed by atoms with Crippen molar-refractivity contribution in [1.29, 1.82) is 0 Å². The van der Waals surface area contributed by atoms with Crippen molar-refractivity contribution in [2.24, 2.45) is 5.92 Å². The fraction of sp³-hybridized carbons (Fsp3) is 0.688. The predicted octanol–water partition coefficient (Wildman–Crippen LogP) is 2.42. The monoisotopic (exact) mass is 305 g/mol. The van der Waals surface area contributed by atoms with Gasteiger partial charge >= 0.3 is 5.97 Å². The van der Waals surface area contributed by atoms with Crippen LogP contribution in [0.25, 0.3) is 0 Å². The Morgan fingerprint density at radius 1 is 1.45 bits per heavy atom. The predicted molar refractivity (Wildman–Crippen MR) is 81.3 cm³/mol. The lowest BCUT2D eigenvalue weighted by molar-refractivity contribution is -0.153. The van der Waals surface area contributed by atoms with E-state index in [1.165, 1.54) is 0 Å². The molecular weight excluding hydrogens is 282 g/mol. The molecule has 1 amide bonds. The molecule has 22 heavy (non-hydrogen) atoms. The molecule has 6 heteroatoms. The molecule has 1 aromatic rings. The van der Waals surface area contributed by atoms with E-state index in [0.29, 0.717) is 0 Å². The highest BCUT2D eigenvalue weighted by atomic mass is 16.6. The van der Waals surface area contributed by atoms with E-state index in [4.69, 9.17) is 4.74 Å². The Morgan fingerprint density at radius 2 is 2.18 bits per heavy atom. The lowest BCUT2D eigenvalue weighted by atomic mass is 9.75. The van der Waals surface area contributed by atoms with Crippen molar-refractivity contribution in [2.45, 2.75) is 64.5 Å². The molecule has 2 fully saturated rings. The van der Waals surface area contributed by atoms with Gasteiger partial charge in [-0.2, -0.15) is 5.10 Å². The third kappa shape index (κ3) is 2.51. The standard InChI is InChI=1S/C16H23N3O3/c1-3-19-11(2)13(10-17-19)18-15(21)12-9-14(20)22-16(12)7-5-4-6-8-16/h10,12H,3-9H2,1-2H3,(H,18,21). The van der Waals surface area contributed by atoms with Crippen molar-refractivity contribution in [2.75, 3.05) is 5.32 Å². The van der Waals surface area contributed by atoms with Gasteiger partial charge in [0.15, 0.2) is 0 Å². The number of rotatable bonds is 3. The Hall–Kier alpha value is -1.85. The molecule has 1 aliphatic heterocycles. The number of aromatic nitrogens is 2. The quantitative estimate of drug-likeness (QED) is 0.870. The number of anilines is 1. The summed E-state index contributed by atoms with van der Waals surface area (Å²) >= 11 is 0. The topological polar surface area (TPSA) is 73.2 Å². The van der Waals surface area contributed by atoms with Crippen LogP contribution in [0, 0.1) is 12.8 Å². The number of nitrogens with zero attached hydrogens (tertiary/aromatic N) is 2. The number of hydrogen-bond donors (Lipinski definition) is 1. The molecule has 1 spiro atoms. The zero-order valence-electron chi connectivity index (χ0n) is 13.2. The molecule has 120 valence electrons. The summed E-state index contributed by atoms with van der Waals surface area (Å²) in [7, 11) is 0. The summed E-state index contributed by atoms with van der Waals surface area (Å²) in [6.07, 6.45) is 6.63. The van der Waals surface area contributed by atoms with Gasteiger partial charge in [0.05, 0.1) is 29.9 Å². The van der Waals surface area contributed by atoms with Crippen LogP contribution in [0.2, 0.25) is 0 Å². The molecule has 6 nitrogen and oxygen atoms in total. The number of esters is 1. The molecule has 1 unspecified atom stereocenters. The maximum atomic E-state index is 12.7. The fourth-order valence-corrected chi connectivity index (χ4v) is 3.73. The first-order valence-corrected chi connectivity index (χ1v) is 8.11. The van der Waals surface area contributed by atoms with Gasteiger partial charge in [0.25, 0.3) is 0 Å². The van der Waals surface area contributed by atoms with E-state index >= 15 is 0 Å². The van der Waals surface area contributed by atoms with Gasteiger partial charge in [-0.25, -0.2) is 0 Å². The second kappa shape index (κ2) is 5.74. The second-order valence-electron chi connectivity index (χ2n) is 6.30. The highest BCUT2D eigenvalue weighted by molar-refractivity contribution is 5.97. The first-order chi connectivity index (χ1) is 10.6. The van der Waals surface area contributed by atoms with Crippen molar-refractivity contribution < 1.29 is 14.3 Å². The van der Waals surface area contributed by atoms with Gasteiger partial charge in [-0.05, 0) is 39.5 Å². The van der Waals surface area contributed by atoms with E-state index in [2.05, 4.69) is 10.4 Å². The van der Waals surface area contributed by atoms with Crippen molar-refractivity contribution in [3.05, 3.63) is 11.9 Å². The number of hydrogen-bond acceptors (Lipinski definition) is 4. The van der Waals surface area contributed by atoms with E-state index in [0.717, 1.165) is 50.0 Å². The van der Waals surface area contributed by atoms with Crippen LogP contribution in [0.15, 0.2) is 6.20 Å². The molecule has 1 aromatic heterocycles. The number of carbonyl (C=O) groups excluding carboxylic acids is 2. The number of aryl methyl sites for hydroxylation is 1. The van der Waals surface area contributed by atoms with Gasteiger partial charge in [-0.3, -0.25) is 14.3 Å². The van der Waals surface area contributed by atoms with E-state index in [-0.39, 0.29) is 24.2 Å². The van der Waals surface area contributed by atoms with E-state index in [1.807, 2.05) is 18.5 Å². The first-order valence-electron chi connectivity index (χ1n) is 8.11. The van der Waals surface area contributed by atoms with Gasteiger partial charge in [0, 0.05) is 6.54 Å². The van der Waals surface area contributed by atoms with Crippen LogP contribution in [0.3, 0.4) is 0 Å². The molecule has 2 aliphatic rings. The third-order valence-corrected chi connectivity index (χ3v) is 5.00. The number of amides is 1. The lowest BCUT2D eigenvalue weighted by Crippen LogP contribution is -2.43. The van der Waals surface area contributed by atoms with E-state index < -0.39 is 5.60 Å². The molecule has 0 radical (unpaired) electrons. The minimum absolute atomic E-state index is 0.119. The number of carbonyl (C=O) groups is 2. The summed E-state index contributed by atoms with van der Waals surface area (Å²) < 4.78 is 7.43. The summed E-state index contributed by atoms with van der Waals surface area (Å²) in [5.41, 5.74) is 1.07. The molecule has 1 saturated heterocycles. The van der Waals surface area contributed by atoms with Crippen LogP contribution < -0.4 is 5.32 Å². The van der Waals surface area contributed by atoms with Gasteiger partial charge in [0.2, 0.25) is 5.91 Å². The van der Waals surface area contributed by atoms with Gasteiger partial charge in [0.1, 0.15) is 5.60 Å². The van der Waals surface area contributed by atoms with Crippen LogP contribution in [-0.2, 0) is 20.9 Å². The second-order valence-corrected chi connectivity index (χ2v) is 6.30. The molecule has 2 heterocycles. The van der Waals surface area contributed by atoms with Crippen LogP contribution >= 0.6 is 0 Å². The summed E-state index contributed by atoms with van der Waals surface area (Å²) in [6, 6.07) is 0. The zero-order valence-corrected chi connectivity index (χ0v) is 13.2. The maximum Gasteiger partial charge on any atom is 0.307 e. The van der Waals surface area contributed by atoms with Crippen molar-refractivity contribution in [3.63, 3.8) is 0 Å². The van der Waals surface area contributed by atoms with Crippen molar-refractivity contribution in [3.8, 4) is 0 Å². The fourth-order valence-electron chi connectivity index (χ4n) is 3.73. The first kappa shape index (κ1) is 15.1. The Morgan fingerprint density at radius 3 is 2.82 bits per heavy atom.